The lowest BCUT2D eigenvalue weighted by Crippen LogP contribution is -2.11. The van der Waals surface area contributed by atoms with Gasteiger partial charge < -0.3 is 4.74 Å². The van der Waals surface area contributed by atoms with E-state index < -0.39 is 0 Å². The Kier molecular flexibility index (Phi) is 8.17. The molecule has 1 heteroatoms. The molecule has 0 spiro atoms. The van der Waals surface area contributed by atoms with Crippen LogP contribution in [0.1, 0.15) is 69.4 Å². The van der Waals surface area contributed by atoms with E-state index in [9.17, 15) is 0 Å². The summed E-state index contributed by atoms with van der Waals surface area (Å²) in [5, 5.41) is 0. The lowest BCUT2D eigenvalue weighted by Gasteiger charge is -2.27. The fourth-order valence-corrected chi connectivity index (χ4v) is 3.37. The van der Waals surface area contributed by atoms with E-state index in [4.69, 9.17) is 4.74 Å². The lowest BCUT2D eigenvalue weighted by molar-refractivity contribution is 0.125. The smallest absolute Gasteiger partial charge is 0.0717 e. The van der Waals surface area contributed by atoms with Crippen LogP contribution in [0.25, 0.3) is 0 Å². The fraction of sp³-hybridized carbons (Fsp3) is 0.545. The predicted molar refractivity (Wildman–Crippen MR) is 99.7 cm³/mol. The maximum atomic E-state index is 5.70. The molecule has 0 N–H and O–H groups in total. The number of ether oxygens (including phenoxy) is 1. The Bertz CT molecular complexity index is 475. The number of benzene rings is 1. The summed E-state index contributed by atoms with van der Waals surface area (Å²) in [6.45, 7) is 5.80. The zero-order valence-electron chi connectivity index (χ0n) is 14.8. The van der Waals surface area contributed by atoms with Crippen LogP contribution in [-0.4, -0.2) is 6.61 Å². The first-order valence-corrected chi connectivity index (χ1v) is 9.27. The minimum atomic E-state index is 0.729. The molecule has 2 rings (SSSR count). The first-order valence-electron chi connectivity index (χ1n) is 9.27. The van der Waals surface area contributed by atoms with Crippen LogP contribution in [0.2, 0.25) is 0 Å². The molecule has 1 aromatic carbocycles. The molecule has 0 unspecified atom stereocenters. The van der Waals surface area contributed by atoms with Crippen LogP contribution in [0.4, 0.5) is 0 Å². The van der Waals surface area contributed by atoms with Crippen LogP contribution < -0.4 is 0 Å². The Morgan fingerprint density at radius 1 is 1.04 bits per heavy atom. The van der Waals surface area contributed by atoms with Crippen molar-refractivity contribution in [3.63, 3.8) is 0 Å². The van der Waals surface area contributed by atoms with E-state index >= 15 is 0 Å². The Balaban J connectivity index is 1.75. The molecule has 126 valence electrons. The van der Waals surface area contributed by atoms with Crippen molar-refractivity contribution in [2.24, 2.45) is 5.92 Å². The average Bonchev–Trinajstić information content (AvgIpc) is 2.61. The highest BCUT2D eigenvalue weighted by atomic mass is 16.5. The molecular weight excluding hydrogens is 280 g/mol. The van der Waals surface area contributed by atoms with Gasteiger partial charge in [-0.1, -0.05) is 55.5 Å². The van der Waals surface area contributed by atoms with Gasteiger partial charge in [-0.15, -0.1) is 0 Å². The van der Waals surface area contributed by atoms with Crippen LogP contribution in [0.15, 0.2) is 48.6 Å². The standard InChI is InChI=1S/C22H32O/c1-3-5-7-17-23-18-20-11-15-22(16-12-20)21-13-9-19(10-14-21)8-6-4-2/h3,5-6,8,11-12,15-16,19,21H,4,7,9-10,13-14,17-18H2,1-2H3/b5-3?,8-6+. The molecule has 1 aromatic rings. The molecular formula is C22H32O. The van der Waals surface area contributed by atoms with E-state index in [2.05, 4.69) is 55.5 Å². The molecule has 0 aliphatic heterocycles. The molecule has 0 atom stereocenters. The summed E-state index contributed by atoms with van der Waals surface area (Å²) in [4.78, 5) is 0. The summed E-state index contributed by atoms with van der Waals surface area (Å²) >= 11 is 0. The van der Waals surface area contributed by atoms with Crippen LogP contribution in [0.5, 0.6) is 0 Å². The third-order valence-corrected chi connectivity index (χ3v) is 4.80. The van der Waals surface area contributed by atoms with E-state index in [1.54, 1.807) is 0 Å². The van der Waals surface area contributed by atoms with Crippen molar-refractivity contribution < 1.29 is 4.74 Å². The quantitative estimate of drug-likeness (QED) is 0.398. The van der Waals surface area contributed by atoms with Gasteiger partial charge >= 0.3 is 0 Å². The van der Waals surface area contributed by atoms with Crippen LogP contribution in [0.3, 0.4) is 0 Å². The van der Waals surface area contributed by atoms with Crippen molar-refractivity contribution in [1.82, 2.24) is 0 Å². The second-order valence-electron chi connectivity index (χ2n) is 6.60. The normalized spacial score (nSPS) is 22.2. The Hall–Kier alpha value is -1.34. The van der Waals surface area contributed by atoms with Gasteiger partial charge in [0, 0.05) is 0 Å². The molecule has 1 nitrogen and oxygen atoms in total. The molecule has 1 fully saturated rings. The van der Waals surface area contributed by atoms with Crippen LogP contribution in [0, 0.1) is 5.92 Å². The van der Waals surface area contributed by atoms with Gasteiger partial charge in [0.05, 0.1) is 13.2 Å². The summed E-state index contributed by atoms with van der Waals surface area (Å²) in [6, 6.07) is 9.12. The second-order valence-corrected chi connectivity index (χ2v) is 6.60. The van der Waals surface area contributed by atoms with E-state index in [0.717, 1.165) is 37.9 Å². The van der Waals surface area contributed by atoms with Gasteiger partial charge in [0.15, 0.2) is 0 Å². The summed E-state index contributed by atoms with van der Waals surface area (Å²) in [6.07, 6.45) is 16.5. The topological polar surface area (TPSA) is 9.23 Å². The third kappa shape index (κ3) is 6.35. The summed E-state index contributed by atoms with van der Waals surface area (Å²) < 4.78 is 5.70. The van der Waals surface area contributed by atoms with Gasteiger partial charge in [-0.2, -0.15) is 0 Å². The molecule has 0 heterocycles. The van der Waals surface area contributed by atoms with Gasteiger partial charge in [0.1, 0.15) is 0 Å². The number of rotatable bonds is 8. The van der Waals surface area contributed by atoms with Crippen molar-refractivity contribution in [2.45, 2.75) is 64.9 Å². The number of hydrogen-bond acceptors (Lipinski definition) is 1. The molecule has 0 radical (unpaired) electrons. The first kappa shape index (κ1) is 18.0. The minimum Gasteiger partial charge on any atom is -0.376 e. The van der Waals surface area contributed by atoms with E-state index in [0.29, 0.717) is 0 Å². The van der Waals surface area contributed by atoms with Crippen molar-refractivity contribution >= 4 is 0 Å². The van der Waals surface area contributed by atoms with Crippen LogP contribution >= 0.6 is 0 Å². The second kappa shape index (κ2) is 10.4. The van der Waals surface area contributed by atoms with E-state index in [-0.39, 0.29) is 0 Å². The third-order valence-electron chi connectivity index (χ3n) is 4.80. The maximum absolute atomic E-state index is 5.70. The molecule has 23 heavy (non-hydrogen) atoms. The van der Waals surface area contributed by atoms with Gasteiger partial charge in [0.25, 0.3) is 0 Å². The van der Waals surface area contributed by atoms with E-state index in [1.807, 2.05) is 6.92 Å². The Morgan fingerprint density at radius 3 is 2.43 bits per heavy atom. The minimum absolute atomic E-state index is 0.729. The molecule has 0 bridgehead atoms. The van der Waals surface area contributed by atoms with Gasteiger partial charge in [-0.25, -0.2) is 0 Å². The molecule has 0 saturated heterocycles. The van der Waals surface area contributed by atoms with Gasteiger partial charge in [-0.05, 0) is 68.4 Å². The van der Waals surface area contributed by atoms with Gasteiger partial charge in [0.2, 0.25) is 0 Å². The SMILES string of the molecule is CC=CCCOCc1ccc(C2CCC(/C=C/CC)CC2)cc1. The summed E-state index contributed by atoms with van der Waals surface area (Å²) in [7, 11) is 0. The molecule has 0 aromatic heterocycles. The van der Waals surface area contributed by atoms with Gasteiger partial charge in [-0.3, -0.25) is 0 Å². The Morgan fingerprint density at radius 2 is 1.78 bits per heavy atom. The Labute approximate surface area is 142 Å². The summed E-state index contributed by atoms with van der Waals surface area (Å²) in [5.74, 6) is 1.57. The zero-order chi connectivity index (χ0) is 16.3. The average molecular weight is 312 g/mol. The zero-order valence-corrected chi connectivity index (χ0v) is 14.8. The van der Waals surface area contributed by atoms with Crippen LogP contribution in [-0.2, 0) is 11.3 Å². The molecule has 1 aliphatic rings. The predicted octanol–water partition coefficient (Wildman–Crippen LogP) is 6.41. The fourth-order valence-electron chi connectivity index (χ4n) is 3.37. The highest BCUT2D eigenvalue weighted by molar-refractivity contribution is 5.25. The molecule has 1 saturated carbocycles. The molecule has 0 amide bonds. The summed E-state index contributed by atoms with van der Waals surface area (Å²) in [5.41, 5.74) is 2.80. The number of hydrogen-bond donors (Lipinski definition) is 0. The largest absolute Gasteiger partial charge is 0.376 e. The van der Waals surface area contributed by atoms with Crippen molar-refractivity contribution in [2.75, 3.05) is 6.61 Å². The first-order chi connectivity index (χ1) is 11.3. The maximum Gasteiger partial charge on any atom is 0.0717 e. The van der Waals surface area contributed by atoms with E-state index in [1.165, 1.54) is 36.8 Å². The highest BCUT2D eigenvalue weighted by Gasteiger charge is 2.20. The van der Waals surface area contributed by atoms with Crippen molar-refractivity contribution in [3.8, 4) is 0 Å². The molecule has 1 aliphatic carbocycles. The monoisotopic (exact) mass is 312 g/mol. The van der Waals surface area contributed by atoms with Crippen molar-refractivity contribution in [1.29, 1.82) is 0 Å². The van der Waals surface area contributed by atoms with Crippen molar-refractivity contribution in [3.05, 3.63) is 59.7 Å². The number of allylic oxidation sites excluding steroid dienone is 3. The lowest BCUT2D eigenvalue weighted by atomic mass is 9.78. The highest BCUT2D eigenvalue weighted by Crippen LogP contribution is 2.36.